The van der Waals surface area contributed by atoms with E-state index in [4.69, 9.17) is 0 Å². The van der Waals surface area contributed by atoms with Gasteiger partial charge in [0, 0.05) is 31.4 Å². The number of halogens is 1. The summed E-state index contributed by atoms with van der Waals surface area (Å²) < 4.78 is 13.2. The highest BCUT2D eigenvalue weighted by Crippen LogP contribution is 2.22. The highest BCUT2D eigenvalue weighted by Gasteiger charge is 2.20. The molecule has 110 valence electrons. The second kappa shape index (κ2) is 6.27. The Morgan fingerprint density at radius 2 is 2.00 bits per heavy atom. The first-order chi connectivity index (χ1) is 10.2. The molecule has 1 saturated heterocycles. The van der Waals surface area contributed by atoms with Crippen LogP contribution in [-0.4, -0.2) is 25.7 Å². The second-order valence-electron chi connectivity index (χ2n) is 5.72. The van der Waals surface area contributed by atoms with Crippen LogP contribution in [0.5, 0.6) is 0 Å². The van der Waals surface area contributed by atoms with E-state index in [9.17, 15) is 4.39 Å². The zero-order valence-corrected chi connectivity index (χ0v) is 12.3. The number of hydrogen-bond donors (Lipinski definition) is 1. The van der Waals surface area contributed by atoms with E-state index < -0.39 is 0 Å². The number of nitrogens with zero attached hydrogens (tertiary/aromatic N) is 1. The fraction of sp³-hybridized carbons (Fsp3) is 0.333. The molecular formula is C18H21FN2. The van der Waals surface area contributed by atoms with Crippen molar-refractivity contribution in [1.82, 2.24) is 5.32 Å². The van der Waals surface area contributed by atoms with E-state index in [1.807, 2.05) is 19.1 Å². The van der Waals surface area contributed by atoms with Gasteiger partial charge in [-0.25, -0.2) is 4.39 Å². The first kappa shape index (κ1) is 14.1. The van der Waals surface area contributed by atoms with Crippen LogP contribution in [0.4, 0.5) is 10.1 Å². The Hall–Kier alpha value is -1.87. The molecule has 3 heteroatoms. The van der Waals surface area contributed by atoms with Crippen LogP contribution in [0.2, 0.25) is 0 Å². The normalized spacial score (nSPS) is 18.8. The smallest absolute Gasteiger partial charge is 0.123 e. The number of piperazine rings is 1. The molecule has 1 unspecified atom stereocenters. The van der Waals surface area contributed by atoms with Crippen molar-refractivity contribution >= 4 is 5.69 Å². The van der Waals surface area contributed by atoms with Crippen LogP contribution in [0.25, 0.3) is 0 Å². The molecule has 0 bridgehead atoms. The fourth-order valence-corrected chi connectivity index (χ4v) is 3.05. The van der Waals surface area contributed by atoms with Gasteiger partial charge in [0.25, 0.3) is 0 Å². The highest BCUT2D eigenvalue weighted by molar-refractivity contribution is 5.53. The molecule has 1 aliphatic heterocycles. The molecule has 1 heterocycles. The van der Waals surface area contributed by atoms with Gasteiger partial charge in [0.05, 0.1) is 0 Å². The lowest BCUT2D eigenvalue weighted by Crippen LogP contribution is -2.51. The third-order valence-corrected chi connectivity index (χ3v) is 4.08. The van der Waals surface area contributed by atoms with E-state index in [0.717, 1.165) is 37.3 Å². The number of nitrogens with one attached hydrogen (secondary N) is 1. The molecule has 2 aromatic carbocycles. The van der Waals surface area contributed by atoms with Gasteiger partial charge < -0.3 is 10.2 Å². The first-order valence-electron chi connectivity index (χ1n) is 7.51. The molecule has 1 atom stereocenters. The van der Waals surface area contributed by atoms with E-state index >= 15 is 0 Å². The summed E-state index contributed by atoms with van der Waals surface area (Å²) in [6, 6.07) is 16.1. The molecule has 0 saturated carbocycles. The highest BCUT2D eigenvalue weighted by atomic mass is 19.1. The third kappa shape index (κ3) is 3.42. The Morgan fingerprint density at radius 1 is 1.19 bits per heavy atom. The van der Waals surface area contributed by atoms with Crippen molar-refractivity contribution in [2.24, 2.45) is 0 Å². The number of anilines is 1. The summed E-state index contributed by atoms with van der Waals surface area (Å²) >= 11 is 0. The number of benzene rings is 2. The molecule has 0 spiro atoms. The second-order valence-corrected chi connectivity index (χ2v) is 5.72. The maximum atomic E-state index is 13.2. The Morgan fingerprint density at radius 3 is 2.76 bits per heavy atom. The third-order valence-electron chi connectivity index (χ3n) is 4.08. The lowest BCUT2D eigenvalue weighted by molar-refractivity contribution is 0.454. The predicted molar refractivity (Wildman–Crippen MR) is 85.3 cm³/mol. The van der Waals surface area contributed by atoms with Gasteiger partial charge in [-0.05, 0) is 42.7 Å². The summed E-state index contributed by atoms with van der Waals surface area (Å²) in [6.07, 6.45) is 1.03. The first-order valence-corrected chi connectivity index (χ1v) is 7.51. The number of hydrogen-bond acceptors (Lipinski definition) is 2. The van der Waals surface area contributed by atoms with Crippen molar-refractivity contribution in [3.05, 3.63) is 65.5 Å². The van der Waals surface area contributed by atoms with Crippen molar-refractivity contribution in [3.63, 3.8) is 0 Å². The molecule has 2 nitrogen and oxygen atoms in total. The Labute approximate surface area is 125 Å². The molecule has 2 aromatic rings. The lowest BCUT2D eigenvalue weighted by atomic mass is 10.0. The minimum Gasteiger partial charge on any atom is -0.368 e. The number of aryl methyl sites for hydroxylation is 1. The quantitative estimate of drug-likeness (QED) is 0.931. The van der Waals surface area contributed by atoms with Gasteiger partial charge >= 0.3 is 0 Å². The largest absolute Gasteiger partial charge is 0.368 e. The van der Waals surface area contributed by atoms with E-state index in [-0.39, 0.29) is 5.82 Å². The molecule has 21 heavy (non-hydrogen) atoms. The van der Waals surface area contributed by atoms with Crippen LogP contribution >= 0.6 is 0 Å². The average molecular weight is 284 g/mol. The molecule has 1 fully saturated rings. The van der Waals surface area contributed by atoms with E-state index in [0.29, 0.717) is 6.04 Å². The van der Waals surface area contributed by atoms with Gasteiger partial charge in [0.1, 0.15) is 5.82 Å². The van der Waals surface area contributed by atoms with E-state index in [2.05, 4.69) is 34.5 Å². The van der Waals surface area contributed by atoms with Crippen LogP contribution in [0, 0.1) is 12.7 Å². The van der Waals surface area contributed by atoms with Crippen LogP contribution in [0.15, 0.2) is 48.5 Å². The zero-order chi connectivity index (χ0) is 14.7. The minimum absolute atomic E-state index is 0.160. The minimum atomic E-state index is -0.160. The standard InChI is InChI=1S/C18H21FN2/c1-14-11-16(19)7-8-18(14)21-10-9-20-17(13-21)12-15-5-3-2-4-6-15/h2-8,11,17,20H,9-10,12-13H2,1H3. The zero-order valence-electron chi connectivity index (χ0n) is 12.3. The van der Waals surface area contributed by atoms with Gasteiger partial charge in [-0.1, -0.05) is 30.3 Å². The fourth-order valence-electron chi connectivity index (χ4n) is 3.05. The van der Waals surface area contributed by atoms with Crippen molar-refractivity contribution in [2.75, 3.05) is 24.5 Å². The van der Waals surface area contributed by atoms with Gasteiger partial charge in [-0.3, -0.25) is 0 Å². The summed E-state index contributed by atoms with van der Waals surface area (Å²) in [5.74, 6) is -0.160. The molecule has 0 amide bonds. The Bertz CT molecular complexity index is 597. The summed E-state index contributed by atoms with van der Waals surface area (Å²) in [5, 5.41) is 3.58. The van der Waals surface area contributed by atoms with Gasteiger partial charge in [-0.2, -0.15) is 0 Å². The van der Waals surface area contributed by atoms with Crippen LogP contribution in [-0.2, 0) is 6.42 Å². The van der Waals surface area contributed by atoms with E-state index in [1.165, 1.54) is 5.56 Å². The van der Waals surface area contributed by atoms with Gasteiger partial charge in [0.15, 0.2) is 0 Å². The number of rotatable bonds is 3. The SMILES string of the molecule is Cc1cc(F)ccc1N1CCNC(Cc2ccccc2)C1. The summed E-state index contributed by atoms with van der Waals surface area (Å²) in [4.78, 5) is 2.36. The molecule has 0 aromatic heterocycles. The summed E-state index contributed by atoms with van der Waals surface area (Å²) in [5.41, 5.74) is 3.51. The maximum Gasteiger partial charge on any atom is 0.123 e. The molecule has 3 rings (SSSR count). The van der Waals surface area contributed by atoms with Crippen molar-refractivity contribution < 1.29 is 4.39 Å². The van der Waals surface area contributed by atoms with Crippen molar-refractivity contribution in [3.8, 4) is 0 Å². The molecule has 1 aliphatic rings. The average Bonchev–Trinajstić information content (AvgIpc) is 2.48. The predicted octanol–water partition coefficient (Wildman–Crippen LogP) is 3.16. The lowest BCUT2D eigenvalue weighted by Gasteiger charge is -2.36. The molecule has 0 radical (unpaired) electrons. The Balaban J connectivity index is 1.71. The van der Waals surface area contributed by atoms with Crippen LogP contribution < -0.4 is 10.2 Å². The molecule has 1 N–H and O–H groups in total. The maximum absolute atomic E-state index is 13.2. The van der Waals surface area contributed by atoms with Gasteiger partial charge in [0.2, 0.25) is 0 Å². The summed E-state index contributed by atoms with van der Waals surface area (Å²) in [6.45, 7) is 4.88. The van der Waals surface area contributed by atoms with Gasteiger partial charge in [-0.15, -0.1) is 0 Å². The van der Waals surface area contributed by atoms with Crippen molar-refractivity contribution in [2.45, 2.75) is 19.4 Å². The molecular weight excluding hydrogens is 263 g/mol. The van der Waals surface area contributed by atoms with Crippen LogP contribution in [0.1, 0.15) is 11.1 Å². The summed E-state index contributed by atoms with van der Waals surface area (Å²) in [7, 11) is 0. The topological polar surface area (TPSA) is 15.3 Å². The van der Waals surface area contributed by atoms with Crippen molar-refractivity contribution in [1.29, 1.82) is 0 Å². The Kier molecular flexibility index (Phi) is 4.20. The molecule has 0 aliphatic carbocycles. The van der Waals surface area contributed by atoms with E-state index in [1.54, 1.807) is 12.1 Å². The van der Waals surface area contributed by atoms with Crippen LogP contribution in [0.3, 0.4) is 0 Å². The monoisotopic (exact) mass is 284 g/mol.